The maximum Gasteiger partial charge on any atom is 0.249 e. The number of hydrogen-bond acceptors (Lipinski definition) is 4. The van der Waals surface area contributed by atoms with Gasteiger partial charge in [0.05, 0.1) is 17.1 Å². The largest absolute Gasteiger partial charge is 0.419 e. The summed E-state index contributed by atoms with van der Waals surface area (Å²) in [5.74, 6) is 1.21. The predicted octanol–water partition coefficient (Wildman–Crippen LogP) is 4.71. The molecule has 1 saturated carbocycles. The monoisotopic (exact) mass is 361 g/mol. The highest BCUT2D eigenvalue weighted by molar-refractivity contribution is 6.33. The standard InChI is InChI=1S/C19H24ClN3O2/c1-2-12-23(19(24)14-8-4-3-5-9-14)13-17-21-22-18(25-17)15-10-6-7-11-16(15)20/h6-7,10-11,14H,2-5,8-9,12-13H2,1H3. The van der Waals surface area contributed by atoms with Crippen LogP contribution in [0.25, 0.3) is 11.5 Å². The number of benzene rings is 1. The van der Waals surface area contributed by atoms with Crippen molar-refractivity contribution >= 4 is 17.5 Å². The molecule has 0 N–H and O–H groups in total. The number of amides is 1. The summed E-state index contributed by atoms with van der Waals surface area (Å²) in [5.41, 5.74) is 0.712. The van der Waals surface area contributed by atoms with E-state index in [1.165, 1.54) is 6.42 Å². The minimum atomic E-state index is 0.145. The minimum Gasteiger partial charge on any atom is -0.419 e. The molecule has 5 nitrogen and oxygen atoms in total. The molecule has 0 unspecified atom stereocenters. The number of nitrogens with zero attached hydrogens (tertiary/aromatic N) is 3. The molecule has 25 heavy (non-hydrogen) atoms. The van der Waals surface area contributed by atoms with Crippen molar-refractivity contribution in [3.8, 4) is 11.5 Å². The average Bonchev–Trinajstić information content (AvgIpc) is 3.10. The van der Waals surface area contributed by atoms with Crippen LogP contribution in [-0.2, 0) is 11.3 Å². The molecule has 6 heteroatoms. The third-order valence-corrected chi connectivity index (χ3v) is 4.99. The van der Waals surface area contributed by atoms with E-state index >= 15 is 0 Å². The molecule has 1 aromatic carbocycles. The van der Waals surface area contributed by atoms with E-state index in [2.05, 4.69) is 17.1 Å². The first kappa shape index (κ1) is 17.9. The molecule has 0 aliphatic heterocycles. The zero-order valence-electron chi connectivity index (χ0n) is 14.6. The van der Waals surface area contributed by atoms with Crippen LogP contribution in [0.3, 0.4) is 0 Å². The molecule has 1 aromatic heterocycles. The fraction of sp³-hybridized carbons (Fsp3) is 0.526. The summed E-state index contributed by atoms with van der Waals surface area (Å²) < 4.78 is 5.76. The number of rotatable bonds is 6. The van der Waals surface area contributed by atoms with E-state index in [1.807, 2.05) is 23.1 Å². The Morgan fingerprint density at radius 2 is 2.00 bits per heavy atom. The molecule has 0 saturated heterocycles. The van der Waals surface area contributed by atoms with E-state index in [-0.39, 0.29) is 11.8 Å². The highest BCUT2D eigenvalue weighted by Crippen LogP contribution is 2.28. The molecule has 3 rings (SSSR count). The van der Waals surface area contributed by atoms with Gasteiger partial charge in [-0.05, 0) is 31.4 Å². The van der Waals surface area contributed by atoms with Gasteiger partial charge in [0, 0.05) is 12.5 Å². The first-order valence-corrected chi connectivity index (χ1v) is 9.43. The zero-order valence-corrected chi connectivity index (χ0v) is 15.3. The maximum atomic E-state index is 12.8. The summed E-state index contributed by atoms with van der Waals surface area (Å²) in [5, 5.41) is 8.78. The minimum absolute atomic E-state index is 0.145. The second-order valence-electron chi connectivity index (χ2n) is 6.58. The fourth-order valence-corrected chi connectivity index (χ4v) is 3.59. The third kappa shape index (κ3) is 4.40. The molecule has 0 bridgehead atoms. The van der Waals surface area contributed by atoms with Crippen LogP contribution < -0.4 is 0 Å². The number of halogens is 1. The van der Waals surface area contributed by atoms with Crippen molar-refractivity contribution in [3.05, 3.63) is 35.2 Å². The highest BCUT2D eigenvalue weighted by Gasteiger charge is 2.27. The van der Waals surface area contributed by atoms with Crippen LogP contribution >= 0.6 is 11.6 Å². The van der Waals surface area contributed by atoms with E-state index in [0.717, 1.165) is 32.1 Å². The molecule has 0 spiro atoms. The van der Waals surface area contributed by atoms with Gasteiger partial charge in [-0.15, -0.1) is 10.2 Å². The summed E-state index contributed by atoms with van der Waals surface area (Å²) in [6.07, 6.45) is 6.43. The molecule has 134 valence electrons. The smallest absolute Gasteiger partial charge is 0.249 e. The van der Waals surface area contributed by atoms with Gasteiger partial charge in [0.25, 0.3) is 0 Å². The van der Waals surface area contributed by atoms with Gasteiger partial charge in [-0.25, -0.2) is 0 Å². The van der Waals surface area contributed by atoms with Crippen LogP contribution in [0, 0.1) is 5.92 Å². The number of hydrogen-bond donors (Lipinski definition) is 0. The van der Waals surface area contributed by atoms with Gasteiger partial charge in [0.15, 0.2) is 0 Å². The first-order chi connectivity index (χ1) is 12.2. The molecule has 1 fully saturated rings. The van der Waals surface area contributed by atoms with Gasteiger partial charge < -0.3 is 9.32 Å². The second kappa shape index (κ2) is 8.48. The number of carbonyl (C=O) groups is 1. The van der Waals surface area contributed by atoms with E-state index in [0.29, 0.717) is 35.5 Å². The third-order valence-electron chi connectivity index (χ3n) is 4.66. The van der Waals surface area contributed by atoms with Crippen molar-refractivity contribution in [2.24, 2.45) is 5.92 Å². The van der Waals surface area contributed by atoms with Crippen LogP contribution in [0.1, 0.15) is 51.3 Å². The topological polar surface area (TPSA) is 59.2 Å². The zero-order chi connectivity index (χ0) is 17.6. The molecular weight excluding hydrogens is 338 g/mol. The lowest BCUT2D eigenvalue weighted by Gasteiger charge is -2.28. The fourth-order valence-electron chi connectivity index (χ4n) is 3.37. The number of aromatic nitrogens is 2. The van der Waals surface area contributed by atoms with Crippen molar-refractivity contribution < 1.29 is 9.21 Å². The Morgan fingerprint density at radius 1 is 1.24 bits per heavy atom. The second-order valence-corrected chi connectivity index (χ2v) is 6.98. The average molecular weight is 362 g/mol. The quantitative estimate of drug-likeness (QED) is 0.747. The van der Waals surface area contributed by atoms with Crippen LogP contribution in [-0.4, -0.2) is 27.5 Å². The van der Waals surface area contributed by atoms with Gasteiger partial charge in [-0.1, -0.05) is 49.9 Å². The van der Waals surface area contributed by atoms with Crippen molar-refractivity contribution in [1.29, 1.82) is 0 Å². The molecule has 0 atom stereocenters. The lowest BCUT2D eigenvalue weighted by Crippen LogP contribution is -2.37. The molecule has 1 amide bonds. The summed E-state index contributed by atoms with van der Waals surface area (Å²) in [6, 6.07) is 7.36. The normalized spacial score (nSPS) is 15.3. The Hall–Kier alpha value is -1.88. The van der Waals surface area contributed by atoms with Crippen molar-refractivity contribution in [2.45, 2.75) is 52.0 Å². The molecule has 1 heterocycles. The number of carbonyl (C=O) groups excluding carboxylic acids is 1. The Labute approximate surface area is 153 Å². The van der Waals surface area contributed by atoms with Gasteiger partial charge in [0.1, 0.15) is 0 Å². The summed E-state index contributed by atoms with van der Waals surface area (Å²) in [7, 11) is 0. The van der Waals surface area contributed by atoms with Crippen LogP contribution in [0.15, 0.2) is 28.7 Å². The van der Waals surface area contributed by atoms with Gasteiger partial charge in [-0.3, -0.25) is 4.79 Å². The summed E-state index contributed by atoms with van der Waals surface area (Å²) >= 11 is 6.18. The van der Waals surface area contributed by atoms with Gasteiger partial charge in [-0.2, -0.15) is 0 Å². The Bertz CT molecular complexity index is 710. The van der Waals surface area contributed by atoms with E-state index < -0.39 is 0 Å². The van der Waals surface area contributed by atoms with Gasteiger partial charge >= 0.3 is 0 Å². The van der Waals surface area contributed by atoms with E-state index in [9.17, 15) is 4.79 Å². The lowest BCUT2D eigenvalue weighted by molar-refractivity contribution is -0.137. The first-order valence-electron chi connectivity index (χ1n) is 9.05. The van der Waals surface area contributed by atoms with Crippen LogP contribution in [0.2, 0.25) is 5.02 Å². The summed E-state index contributed by atoms with van der Waals surface area (Å²) in [6.45, 7) is 3.14. The van der Waals surface area contributed by atoms with Gasteiger partial charge in [0.2, 0.25) is 17.7 Å². The van der Waals surface area contributed by atoms with Crippen molar-refractivity contribution in [1.82, 2.24) is 15.1 Å². The Morgan fingerprint density at radius 3 is 2.72 bits per heavy atom. The van der Waals surface area contributed by atoms with Crippen molar-refractivity contribution in [3.63, 3.8) is 0 Å². The predicted molar refractivity (Wildman–Crippen MR) is 97.0 cm³/mol. The maximum absolute atomic E-state index is 12.8. The summed E-state index contributed by atoms with van der Waals surface area (Å²) in [4.78, 5) is 14.7. The highest BCUT2D eigenvalue weighted by atomic mass is 35.5. The molecular formula is C19H24ClN3O2. The Kier molecular flexibility index (Phi) is 6.08. The molecule has 1 aliphatic carbocycles. The van der Waals surface area contributed by atoms with E-state index in [1.54, 1.807) is 6.07 Å². The molecule has 2 aromatic rings. The van der Waals surface area contributed by atoms with Crippen LogP contribution in [0.4, 0.5) is 0 Å². The van der Waals surface area contributed by atoms with Crippen LogP contribution in [0.5, 0.6) is 0 Å². The molecule has 0 radical (unpaired) electrons. The van der Waals surface area contributed by atoms with Crippen molar-refractivity contribution in [2.75, 3.05) is 6.54 Å². The van der Waals surface area contributed by atoms with E-state index in [4.69, 9.17) is 16.0 Å². The molecule has 1 aliphatic rings. The Balaban J connectivity index is 1.72. The SMILES string of the molecule is CCCN(Cc1nnc(-c2ccccc2Cl)o1)C(=O)C1CCCCC1. The lowest BCUT2D eigenvalue weighted by atomic mass is 9.88.